The summed E-state index contributed by atoms with van der Waals surface area (Å²) in [5.41, 5.74) is 7.41. The maximum atomic E-state index is 5.66. The van der Waals surface area contributed by atoms with Gasteiger partial charge < -0.3 is 5.73 Å². The Labute approximate surface area is 70.0 Å². The molecular formula is C7H11N3S. The van der Waals surface area contributed by atoms with Gasteiger partial charge in [0.15, 0.2) is 0 Å². The van der Waals surface area contributed by atoms with Crippen LogP contribution in [0.5, 0.6) is 0 Å². The Hall–Kier alpha value is -0.900. The van der Waals surface area contributed by atoms with Crippen LogP contribution in [-0.2, 0) is 0 Å². The summed E-state index contributed by atoms with van der Waals surface area (Å²) in [7, 11) is 0. The molecule has 3 nitrogen and oxygen atoms in total. The Morgan fingerprint density at radius 3 is 2.91 bits per heavy atom. The predicted molar refractivity (Wildman–Crippen MR) is 48.0 cm³/mol. The normalized spacial score (nSPS) is 12.5. The van der Waals surface area contributed by atoms with Gasteiger partial charge in [0.25, 0.3) is 0 Å². The van der Waals surface area contributed by atoms with Gasteiger partial charge in [0.2, 0.25) is 0 Å². The van der Waals surface area contributed by atoms with E-state index in [0.717, 1.165) is 4.88 Å². The molecule has 0 aliphatic heterocycles. The fourth-order valence-corrected chi connectivity index (χ4v) is 1.21. The van der Waals surface area contributed by atoms with Gasteiger partial charge in [-0.1, -0.05) is 0 Å². The van der Waals surface area contributed by atoms with Crippen molar-refractivity contribution in [3.8, 4) is 0 Å². The lowest BCUT2D eigenvalue weighted by atomic mass is 10.4. The molecular weight excluding hydrogens is 158 g/mol. The number of aliphatic imine (C=N–C) groups is 1. The van der Waals surface area contributed by atoms with E-state index >= 15 is 0 Å². The Kier molecular flexibility index (Phi) is 2.59. The molecule has 1 aromatic rings. The molecule has 1 rings (SSSR count). The summed E-state index contributed by atoms with van der Waals surface area (Å²) in [6.45, 7) is 3.99. The van der Waals surface area contributed by atoms with Crippen molar-refractivity contribution in [1.82, 2.24) is 4.98 Å². The Bertz CT molecular complexity index is 238. The van der Waals surface area contributed by atoms with Crippen molar-refractivity contribution >= 4 is 17.2 Å². The highest BCUT2D eigenvalue weighted by atomic mass is 32.1. The zero-order valence-corrected chi connectivity index (χ0v) is 7.43. The van der Waals surface area contributed by atoms with Gasteiger partial charge in [0, 0.05) is 12.2 Å². The van der Waals surface area contributed by atoms with E-state index in [-0.39, 0.29) is 6.04 Å². The van der Waals surface area contributed by atoms with Crippen molar-refractivity contribution in [1.29, 1.82) is 0 Å². The molecule has 60 valence electrons. The molecule has 0 unspecified atom stereocenters. The molecule has 0 bridgehead atoms. The number of thiazole rings is 1. The summed E-state index contributed by atoms with van der Waals surface area (Å²) in [6.07, 6.45) is 1.73. The summed E-state index contributed by atoms with van der Waals surface area (Å²) >= 11 is 1.51. The van der Waals surface area contributed by atoms with E-state index < -0.39 is 0 Å². The molecule has 0 radical (unpaired) electrons. The van der Waals surface area contributed by atoms with Gasteiger partial charge in [-0.15, -0.1) is 11.3 Å². The standard InChI is InChI=1S/C7H11N3S/c1-5(2)10-7(8)6-3-9-4-11-6/h3-5H,1-2H3,(H2,8,10). The average Bonchev–Trinajstić information content (AvgIpc) is 2.35. The van der Waals surface area contributed by atoms with Crippen LogP contribution in [0, 0.1) is 0 Å². The minimum atomic E-state index is 0.247. The topological polar surface area (TPSA) is 51.3 Å². The molecule has 0 saturated carbocycles. The number of nitrogens with two attached hydrogens (primary N) is 1. The molecule has 4 heteroatoms. The summed E-state index contributed by atoms with van der Waals surface area (Å²) in [5.74, 6) is 0.586. The lowest BCUT2D eigenvalue weighted by molar-refractivity contribution is 0.835. The van der Waals surface area contributed by atoms with Crippen LogP contribution in [-0.4, -0.2) is 16.9 Å². The molecule has 0 aliphatic rings. The van der Waals surface area contributed by atoms with E-state index in [4.69, 9.17) is 5.73 Å². The van der Waals surface area contributed by atoms with E-state index in [9.17, 15) is 0 Å². The fourth-order valence-electron chi connectivity index (χ4n) is 0.684. The summed E-state index contributed by atoms with van der Waals surface area (Å²) < 4.78 is 0. The van der Waals surface area contributed by atoms with Crippen LogP contribution in [0.15, 0.2) is 16.7 Å². The first-order valence-corrected chi connectivity index (χ1v) is 4.30. The van der Waals surface area contributed by atoms with Crippen molar-refractivity contribution in [2.45, 2.75) is 19.9 Å². The van der Waals surface area contributed by atoms with Crippen molar-refractivity contribution in [3.05, 3.63) is 16.6 Å². The lowest BCUT2D eigenvalue weighted by Crippen LogP contribution is -2.13. The minimum absolute atomic E-state index is 0.247. The van der Waals surface area contributed by atoms with Crippen LogP contribution in [0.2, 0.25) is 0 Å². The maximum Gasteiger partial charge on any atom is 0.137 e. The number of hydrogen-bond acceptors (Lipinski definition) is 3. The highest BCUT2D eigenvalue weighted by Crippen LogP contribution is 2.05. The Morgan fingerprint density at radius 1 is 1.73 bits per heavy atom. The first kappa shape index (κ1) is 8.20. The zero-order valence-electron chi connectivity index (χ0n) is 6.61. The maximum absolute atomic E-state index is 5.66. The van der Waals surface area contributed by atoms with Gasteiger partial charge in [0.05, 0.1) is 10.4 Å². The first-order chi connectivity index (χ1) is 5.20. The van der Waals surface area contributed by atoms with Gasteiger partial charge in [-0.3, -0.25) is 9.98 Å². The first-order valence-electron chi connectivity index (χ1n) is 3.42. The molecule has 0 atom stereocenters. The minimum Gasteiger partial charge on any atom is -0.383 e. The summed E-state index contributed by atoms with van der Waals surface area (Å²) in [4.78, 5) is 9.04. The van der Waals surface area contributed by atoms with Crippen LogP contribution in [0.3, 0.4) is 0 Å². The van der Waals surface area contributed by atoms with Gasteiger partial charge >= 0.3 is 0 Å². The smallest absolute Gasteiger partial charge is 0.137 e. The summed E-state index contributed by atoms with van der Waals surface area (Å²) in [5, 5.41) is 0. The van der Waals surface area contributed by atoms with Gasteiger partial charge in [-0.25, -0.2) is 0 Å². The molecule has 1 aromatic heterocycles. The van der Waals surface area contributed by atoms with E-state index in [1.54, 1.807) is 11.7 Å². The van der Waals surface area contributed by atoms with Crippen LogP contribution in [0.4, 0.5) is 0 Å². The average molecular weight is 169 g/mol. The monoisotopic (exact) mass is 169 g/mol. The van der Waals surface area contributed by atoms with Crippen molar-refractivity contribution < 1.29 is 0 Å². The number of rotatable bonds is 2. The van der Waals surface area contributed by atoms with E-state index in [1.807, 2.05) is 13.8 Å². The molecule has 0 amide bonds. The molecule has 2 N–H and O–H groups in total. The van der Waals surface area contributed by atoms with Crippen molar-refractivity contribution in [2.75, 3.05) is 0 Å². The SMILES string of the molecule is CC(C)N=C(N)c1cncs1. The summed E-state index contributed by atoms with van der Waals surface area (Å²) in [6, 6.07) is 0.247. The second-order valence-electron chi connectivity index (χ2n) is 2.47. The third kappa shape index (κ3) is 2.31. The number of aromatic nitrogens is 1. The molecule has 1 heterocycles. The highest BCUT2D eigenvalue weighted by molar-refractivity contribution is 7.11. The van der Waals surface area contributed by atoms with Crippen molar-refractivity contribution in [2.24, 2.45) is 10.7 Å². The lowest BCUT2D eigenvalue weighted by Gasteiger charge is -1.98. The Balaban J connectivity index is 2.77. The highest BCUT2D eigenvalue weighted by Gasteiger charge is 1.99. The van der Waals surface area contributed by atoms with E-state index in [1.165, 1.54) is 11.3 Å². The van der Waals surface area contributed by atoms with Crippen LogP contribution >= 0.6 is 11.3 Å². The quantitative estimate of drug-likeness (QED) is 0.535. The van der Waals surface area contributed by atoms with Crippen molar-refractivity contribution in [3.63, 3.8) is 0 Å². The Morgan fingerprint density at radius 2 is 2.45 bits per heavy atom. The second kappa shape index (κ2) is 3.48. The largest absolute Gasteiger partial charge is 0.383 e. The molecule has 0 spiro atoms. The van der Waals surface area contributed by atoms with Gasteiger partial charge in [-0.05, 0) is 13.8 Å². The zero-order chi connectivity index (χ0) is 8.27. The molecule has 0 aliphatic carbocycles. The van der Waals surface area contributed by atoms with E-state index in [0.29, 0.717) is 5.84 Å². The molecule has 0 aromatic carbocycles. The van der Waals surface area contributed by atoms with E-state index in [2.05, 4.69) is 9.98 Å². The fraction of sp³-hybridized carbons (Fsp3) is 0.429. The van der Waals surface area contributed by atoms with Crippen LogP contribution in [0.25, 0.3) is 0 Å². The number of hydrogen-bond donors (Lipinski definition) is 1. The second-order valence-corrected chi connectivity index (χ2v) is 3.36. The number of amidine groups is 1. The van der Waals surface area contributed by atoms with Gasteiger partial charge in [0.1, 0.15) is 5.84 Å². The molecule has 11 heavy (non-hydrogen) atoms. The third-order valence-corrected chi connectivity index (χ3v) is 1.88. The van der Waals surface area contributed by atoms with Crippen LogP contribution in [0.1, 0.15) is 18.7 Å². The molecule has 0 fully saturated rings. The predicted octanol–water partition coefficient (Wildman–Crippen LogP) is 1.26. The third-order valence-electron chi connectivity index (χ3n) is 1.08. The molecule has 0 saturated heterocycles. The number of nitrogens with zero attached hydrogens (tertiary/aromatic N) is 2. The van der Waals surface area contributed by atoms with Crippen LogP contribution < -0.4 is 5.73 Å². The van der Waals surface area contributed by atoms with Gasteiger partial charge in [-0.2, -0.15) is 0 Å².